The summed E-state index contributed by atoms with van der Waals surface area (Å²) < 4.78 is 95.0. The number of likely N-dealkylation sites (N-methyl/N-ethyl adjacent to an activating group) is 1. The highest BCUT2D eigenvalue weighted by atomic mass is 32.1. The molecule has 0 unspecified atom stereocenters. The third kappa shape index (κ3) is 6.95. The van der Waals surface area contributed by atoms with Crippen LogP contribution in [-0.2, 0) is 22.6 Å². The second-order valence-electron chi connectivity index (χ2n) is 9.93. The van der Waals surface area contributed by atoms with Crippen molar-refractivity contribution in [3.8, 4) is 11.1 Å². The molecule has 0 radical (unpaired) electrons. The molecule has 1 amide bonds. The number of aliphatic hydroxyl groups is 1. The number of nitrogens with zero attached hydrogens (tertiary/aromatic N) is 3. The molecule has 1 heterocycles. The molecule has 0 bridgehead atoms. The number of rotatable bonds is 8. The van der Waals surface area contributed by atoms with Crippen molar-refractivity contribution in [2.24, 2.45) is 0 Å². The number of pyridine rings is 1. The minimum Gasteiger partial charge on any atom is -0.395 e. The number of anilines is 2. The van der Waals surface area contributed by atoms with Gasteiger partial charge in [-0.1, -0.05) is 6.07 Å². The van der Waals surface area contributed by atoms with Crippen LogP contribution in [0.25, 0.3) is 11.1 Å². The number of aliphatic hydroxyl groups excluding tert-OH is 1. The molecule has 0 saturated heterocycles. The number of hydrogen-bond donors (Lipinski definition) is 2. The SMILES string of the molecule is Cc1cc(F)ccc1-c1cc(N(CS)CCO)ncc1N(C)C(=O)C(C)(C)c1cc(C(F)(F)F)cc(C(F)(F)F)c1. The van der Waals surface area contributed by atoms with Crippen molar-refractivity contribution in [1.82, 2.24) is 4.98 Å². The fourth-order valence-electron chi connectivity index (χ4n) is 4.37. The molecule has 0 fully saturated rings. The summed E-state index contributed by atoms with van der Waals surface area (Å²) >= 11 is 4.25. The lowest BCUT2D eigenvalue weighted by Gasteiger charge is -2.32. The minimum absolute atomic E-state index is 0.00537. The van der Waals surface area contributed by atoms with Crippen molar-refractivity contribution in [2.75, 3.05) is 35.9 Å². The van der Waals surface area contributed by atoms with Crippen LogP contribution in [0, 0.1) is 12.7 Å². The van der Waals surface area contributed by atoms with Gasteiger partial charge in [0.25, 0.3) is 0 Å². The first-order valence-corrected chi connectivity index (χ1v) is 12.9. The van der Waals surface area contributed by atoms with Crippen LogP contribution in [0.5, 0.6) is 0 Å². The van der Waals surface area contributed by atoms with E-state index >= 15 is 0 Å². The Kier molecular flexibility index (Phi) is 9.33. The summed E-state index contributed by atoms with van der Waals surface area (Å²) in [5.41, 5.74) is -3.83. The zero-order valence-corrected chi connectivity index (χ0v) is 23.4. The highest BCUT2D eigenvalue weighted by molar-refractivity contribution is 7.80. The molecule has 3 aromatic rings. The Morgan fingerprint density at radius 1 is 0.927 bits per heavy atom. The first kappa shape index (κ1) is 32.2. The van der Waals surface area contributed by atoms with Crippen LogP contribution in [0.15, 0.2) is 48.7 Å². The molecule has 0 spiro atoms. The lowest BCUT2D eigenvalue weighted by Crippen LogP contribution is -2.42. The van der Waals surface area contributed by atoms with Gasteiger partial charge in [-0.2, -0.15) is 39.0 Å². The summed E-state index contributed by atoms with van der Waals surface area (Å²) in [4.78, 5) is 20.9. The van der Waals surface area contributed by atoms with E-state index in [1.165, 1.54) is 45.3 Å². The monoisotopic (exact) mass is 603 g/mol. The molecule has 1 aromatic heterocycles. The number of aryl methyl sites for hydroxylation is 1. The summed E-state index contributed by atoms with van der Waals surface area (Å²) in [5.74, 6) is -0.783. The van der Waals surface area contributed by atoms with Gasteiger partial charge in [0.05, 0.1) is 40.9 Å². The zero-order valence-electron chi connectivity index (χ0n) is 22.5. The average Bonchev–Trinajstić information content (AvgIpc) is 2.89. The van der Waals surface area contributed by atoms with Gasteiger partial charge >= 0.3 is 12.4 Å². The highest BCUT2D eigenvalue weighted by Crippen LogP contribution is 2.41. The predicted octanol–water partition coefficient (Wildman–Crippen LogP) is 6.86. The second-order valence-corrected chi connectivity index (χ2v) is 10.2. The smallest absolute Gasteiger partial charge is 0.395 e. The zero-order chi connectivity index (χ0) is 30.9. The standard InChI is InChI=1S/C28H28F7N3O2S/c1-16-9-20(29)5-6-21(16)22-13-24(38(15-41)7-8-39)36-14-23(22)37(4)25(40)26(2,3)17-10-18(27(30,31)32)12-19(11-17)28(33,34)35/h5-6,9-14,39,41H,7-8,15H2,1-4H3. The first-order valence-electron chi connectivity index (χ1n) is 12.2. The van der Waals surface area contributed by atoms with Gasteiger partial charge < -0.3 is 14.9 Å². The highest BCUT2D eigenvalue weighted by Gasteiger charge is 2.41. The van der Waals surface area contributed by atoms with Gasteiger partial charge in [-0.05, 0) is 73.9 Å². The number of carbonyl (C=O) groups excluding carboxylic acids is 1. The van der Waals surface area contributed by atoms with Crippen molar-refractivity contribution in [1.29, 1.82) is 0 Å². The largest absolute Gasteiger partial charge is 0.416 e. The fourth-order valence-corrected chi connectivity index (χ4v) is 4.65. The molecule has 222 valence electrons. The Hall–Kier alpha value is -3.32. The van der Waals surface area contributed by atoms with Crippen molar-refractivity contribution < 1.29 is 40.6 Å². The van der Waals surface area contributed by atoms with Crippen LogP contribution in [0.4, 0.5) is 42.2 Å². The van der Waals surface area contributed by atoms with E-state index in [0.717, 1.165) is 4.90 Å². The molecule has 0 atom stereocenters. The minimum atomic E-state index is -5.08. The Morgan fingerprint density at radius 2 is 1.49 bits per heavy atom. The van der Waals surface area contributed by atoms with Crippen molar-refractivity contribution >= 4 is 30.0 Å². The Morgan fingerprint density at radius 3 is 1.98 bits per heavy atom. The summed E-state index contributed by atoms with van der Waals surface area (Å²) in [6, 6.07) is 6.63. The number of aromatic nitrogens is 1. The number of hydrogen-bond acceptors (Lipinski definition) is 5. The van der Waals surface area contributed by atoms with E-state index in [1.807, 2.05) is 0 Å². The number of benzene rings is 2. The van der Waals surface area contributed by atoms with E-state index in [0.29, 0.717) is 34.6 Å². The normalized spacial score (nSPS) is 12.4. The Bertz CT molecular complexity index is 1390. The molecule has 13 heteroatoms. The number of amides is 1. The Balaban J connectivity index is 2.18. The Labute approximate surface area is 238 Å². The van der Waals surface area contributed by atoms with Crippen LogP contribution in [-0.4, -0.2) is 42.1 Å². The van der Waals surface area contributed by atoms with Crippen LogP contribution < -0.4 is 9.80 Å². The summed E-state index contributed by atoms with van der Waals surface area (Å²) in [6.45, 7) is 4.07. The lowest BCUT2D eigenvalue weighted by atomic mass is 9.81. The maximum atomic E-state index is 13.9. The molecule has 5 nitrogen and oxygen atoms in total. The number of halogens is 7. The van der Waals surface area contributed by atoms with Crippen LogP contribution >= 0.6 is 12.6 Å². The van der Waals surface area contributed by atoms with Crippen LogP contribution in [0.1, 0.15) is 36.1 Å². The van der Waals surface area contributed by atoms with E-state index in [4.69, 9.17) is 0 Å². The maximum absolute atomic E-state index is 13.9. The lowest BCUT2D eigenvalue weighted by molar-refractivity contribution is -0.143. The van der Waals surface area contributed by atoms with Gasteiger partial charge in [-0.15, -0.1) is 0 Å². The van der Waals surface area contributed by atoms with Crippen molar-refractivity contribution in [3.63, 3.8) is 0 Å². The molecule has 1 N–H and O–H groups in total. The second kappa shape index (κ2) is 11.9. The predicted molar refractivity (Wildman–Crippen MR) is 146 cm³/mol. The molecule has 0 saturated carbocycles. The number of alkyl halides is 6. The van der Waals surface area contributed by atoms with Gasteiger partial charge in [0.15, 0.2) is 0 Å². The quantitative estimate of drug-likeness (QED) is 0.168. The molecule has 0 aliphatic heterocycles. The van der Waals surface area contributed by atoms with E-state index in [9.17, 15) is 40.6 Å². The number of carbonyl (C=O) groups is 1. The van der Waals surface area contributed by atoms with Gasteiger partial charge in [0.2, 0.25) is 5.91 Å². The average molecular weight is 604 g/mol. The summed E-state index contributed by atoms with van der Waals surface area (Å²) in [5, 5.41) is 9.40. The molecule has 41 heavy (non-hydrogen) atoms. The molecular formula is C28H28F7N3O2S. The third-order valence-electron chi connectivity index (χ3n) is 6.72. The van der Waals surface area contributed by atoms with Gasteiger partial charge in [0, 0.05) is 19.2 Å². The molecule has 0 aliphatic rings. The van der Waals surface area contributed by atoms with Crippen molar-refractivity contribution in [2.45, 2.75) is 38.5 Å². The van der Waals surface area contributed by atoms with Crippen molar-refractivity contribution in [3.05, 3.63) is 76.7 Å². The van der Waals surface area contributed by atoms with Crippen LogP contribution in [0.3, 0.4) is 0 Å². The van der Waals surface area contributed by atoms with E-state index < -0.39 is 46.2 Å². The topological polar surface area (TPSA) is 56.7 Å². The molecule has 3 rings (SSSR count). The molecular weight excluding hydrogens is 575 g/mol. The van der Waals surface area contributed by atoms with Gasteiger partial charge in [-0.3, -0.25) is 4.79 Å². The van der Waals surface area contributed by atoms with Gasteiger partial charge in [0.1, 0.15) is 11.6 Å². The van der Waals surface area contributed by atoms with Gasteiger partial charge in [-0.25, -0.2) is 9.37 Å². The summed E-state index contributed by atoms with van der Waals surface area (Å²) in [6.07, 6.45) is -8.84. The fraction of sp³-hybridized carbons (Fsp3) is 0.357. The van der Waals surface area contributed by atoms with E-state index in [2.05, 4.69) is 17.6 Å². The molecule has 0 aliphatic carbocycles. The number of thiol groups is 1. The maximum Gasteiger partial charge on any atom is 0.416 e. The van der Waals surface area contributed by atoms with E-state index in [-0.39, 0.29) is 30.8 Å². The van der Waals surface area contributed by atoms with E-state index in [1.54, 1.807) is 17.9 Å². The molecule has 2 aromatic carbocycles. The first-order chi connectivity index (χ1) is 18.9. The van der Waals surface area contributed by atoms with Crippen LogP contribution in [0.2, 0.25) is 0 Å². The third-order valence-corrected chi connectivity index (χ3v) is 7.06. The summed E-state index contributed by atoms with van der Waals surface area (Å²) in [7, 11) is 1.32.